The van der Waals surface area contributed by atoms with Gasteiger partial charge in [-0.1, -0.05) is 45.7 Å². The van der Waals surface area contributed by atoms with Crippen LogP contribution in [0.25, 0.3) is 0 Å². The zero-order valence-electron chi connectivity index (χ0n) is 15.7. The molecule has 8 heteroatoms. The molecule has 26 heavy (non-hydrogen) atoms. The standard InChI is InChI=1S/2C9H15BrO3/c1-8-5-11-9(12-6-8,13-7-8)3-2-4-10;1-9(5-12-6-9)7-13-8(11)3-2-4-10/h2*2-7H2,1H3. The Morgan fingerprint density at radius 2 is 1.54 bits per heavy atom. The lowest BCUT2D eigenvalue weighted by molar-refractivity contribution is -0.467. The average Bonchev–Trinajstić information content (AvgIpc) is 2.63. The molecule has 0 saturated carbocycles. The van der Waals surface area contributed by atoms with Crippen molar-refractivity contribution in [2.45, 2.75) is 45.5 Å². The van der Waals surface area contributed by atoms with Gasteiger partial charge in [0.05, 0.1) is 33.0 Å². The van der Waals surface area contributed by atoms with Gasteiger partial charge in [0.25, 0.3) is 5.97 Å². The van der Waals surface area contributed by atoms with Gasteiger partial charge in [0, 0.05) is 34.3 Å². The van der Waals surface area contributed by atoms with Crippen molar-refractivity contribution in [2.24, 2.45) is 10.8 Å². The molecular weight excluding hydrogens is 472 g/mol. The van der Waals surface area contributed by atoms with E-state index >= 15 is 0 Å². The third kappa shape index (κ3) is 6.71. The molecule has 0 atom stereocenters. The van der Waals surface area contributed by atoms with Crippen molar-refractivity contribution in [2.75, 3.05) is 50.3 Å². The molecule has 0 unspecified atom stereocenters. The molecule has 2 bridgehead atoms. The smallest absolute Gasteiger partial charge is 0.305 e. The second kappa shape index (κ2) is 10.2. The number of rotatable bonds is 8. The van der Waals surface area contributed by atoms with Gasteiger partial charge in [-0.05, 0) is 12.8 Å². The number of carbonyl (C=O) groups excluding carboxylic acids is 1. The van der Waals surface area contributed by atoms with Gasteiger partial charge in [0.1, 0.15) is 6.61 Å². The van der Waals surface area contributed by atoms with Gasteiger partial charge >= 0.3 is 5.97 Å². The molecule has 4 aliphatic rings. The lowest BCUT2D eigenvalue weighted by Gasteiger charge is -2.50. The van der Waals surface area contributed by atoms with Crippen molar-refractivity contribution in [3.63, 3.8) is 0 Å². The molecule has 4 rings (SSSR count). The summed E-state index contributed by atoms with van der Waals surface area (Å²) in [5.74, 6) is -0.821. The summed E-state index contributed by atoms with van der Waals surface area (Å²) in [5, 5.41) is 1.81. The minimum atomic E-state index is -0.717. The minimum absolute atomic E-state index is 0.0735. The summed E-state index contributed by atoms with van der Waals surface area (Å²) in [6.07, 6.45) is 3.17. The third-order valence-electron chi connectivity index (χ3n) is 4.54. The van der Waals surface area contributed by atoms with Crippen LogP contribution in [0.2, 0.25) is 0 Å². The fourth-order valence-corrected chi connectivity index (χ4v) is 3.24. The molecule has 0 radical (unpaired) electrons. The lowest BCUT2D eigenvalue weighted by Crippen LogP contribution is -2.58. The maximum absolute atomic E-state index is 11.1. The number of hydrogen-bond acceptors (Lipinski definition) is 6. The average molecular weight is 502 g/mol. The first-order chi connectivity index (χ1) is 12.3. The van der Waals surface area contributed by atoms with Gasteiger partial charge in [-0.25, -0.2) is 0 Å². The first kappa shape index (κ1) is 22.6. The topological polar surface area (TPSA) is 63.2 Å². The van der Waals surface area contributed by atoms with Gasteiger partial charge in [0.2, 0.25) is 0 Å². The van der Waals surface area contributed by atoms with Crippen LogP contribution in [0.15, 0.2) is 0 Å². The summed E-state index contributed by atoms with van der Waals surface area (Å²) in [6.45, 7) is 8.38. The summed E-state index contributed by atoms with van der Waals surface area (Å²) < 4.78 is 27.0. The number of ether oxygens (including phenoxy) is 5. The van der Waals surface area contributed by atoms with Crippen LogP contribution in [0.5, 0.6) is 0 Å². The van der Waals surface area contributed by atoms with Crippen molar-refractivity contribution < 1.29 is 28.5 Å². The molecule has 0 amide bonds. The van der Waals surface area contributed by atoms with E-state index in [0.29, 0.717) is 26.2 Å². The van der Waals surface area contributed by atoms with E-state index in [-0.39, 0.29) is 16.8 Å². The summed E-state index contributed by atoms with van der Waals surface area (Å²) in [6, 6.07) is 0. The van der Waals surface area contributed by atoms with Crippen LogP contribution < -0.4 is 0 Å². The molecule has 4 heterocycles. The Labute approximate surface area is 172 Å². The molecular formula is C18H30Br2O6. The van der Waals surface area contributed by atoms with Gasteiger partial charge in [-0.2, -0.15) is 0 Å². The van der Waals surface area contributed by atoms with Crippen LogP contribution in [0, 0.1) is 10.8 Å². The third-order valence-corrected chi connectivity index (χ3v) is 5.66. The minimum Gasteiger partial charge on any atom is -0.465 e. The molecule has 0 aliphatic carbocycles. The Hall–Kier alpha value is 0.270. The molecule has 4 aliphatic heterocycles. The zero-order valence-corrected chi connectivity index (χ0v) is 18.9. The quantitative estimate of drug-likeness (QED) is 0.373. The summed E-state index contributed by atoms with van der Waals surface area (Å²) in [7, 11) is 0. The van der Waals surface area contributed by atoms with E-state index in [1.165, 1.54) is 0 Å². The van der Waals surface area contributed by atoms with Crippen molar-refractivity contribution in [1.82, 2.24) is 0 Å². The second-order valence-corrected chi connectivity index (χ2v) is 9.49. The highest BCUT2D eigenvalue weighted by atomic mass is 79.9. The highest BCUT2D eigenvalue weighted by Crippen LogP contribution is 2.40. The van der Waals surface area contributed by atoms with Crippen LogP contribution in [-0.4, -0.2) is 62.2 Å². The van der Waals surface area contributed by atoms with Crippen LogP contribution in [0.1, 0.15) is 39.5 Å². The first-order valence-corrected chi connectivity index (χ1v) is 11.4. The Bertz CT molecular complexity index is 424. The molecule has 4 fully saturated rings. The van der Waals surface area contributed by atoms with Gasteiger partial charge < -0.3 is 23.7 Å². The first-order valence-electron chi connectivity index (χ1n) is 9.12. The molecule has 152 valence electrons. The molecule has 0 aromatic rings. The lowest BCUT2D eigenvalue weighted by atomic mass is 9.90. The van der Waals surface area contributed by atoms with E-state index < -0.39 is 5.97 Å². The Balaban J connectivity index is 0.000000187. The Morgan fingerprint density at radius 1 is 0.962 bits per heavy atom. The van der Waals surface area contributed by atoms with E-state index in [9.17, 15) is 4.79 Å². The summed E-state index contributed by atoms with van der Waals surface area (Å²) in [4.78, 5) is 11.1. The molecule has 0 spiro atoms. The molecule has 6 nitrogen and oxygen atoms in total. The Morgan fingerprint density at radius 3 is 2.00 bits per heavy atom. The number of alkyl halides is 2. The monoisotopic (exact) mass is 500 g/mol. The summed E-state index contributed by atoms with van der Waals surface area (Å²) >= 11 is 6.65. The summed E-state index contributed by atoms with van der Waals surface area (Å²) in [5.41, 5.74) is 0.153. The molecule has 0 aromatic heterocycles. The maximum Gasteiger partial charge on any atom is 0.305 e. The van der Waals surface area contributed by atoms with Crippen molar-refractivity contribution in [1.29, 1.82) is 0 Å². The van der Waals surface area contributed by atoms with E-state index in [4.69, 9.17) is 23.7 Å². The van der Waals surface area contributed by atoms with Gasteiger partial charge in [-0.3, -0.25) is 4.79 Å². The fraction of sp³-hybridized carbons (Fsp3) is 0.944. The van der Waals surface area contributed by atoms with Crippen LogP contribution in [0.3, 0.4) is 0 Å². The predicted octanol–water partition coefficient (Wildman–Crippen LogP) is 3.64. The second-order valence-electron chi connectivity index (χ2n) is 7.91. The van der Waals surface area contributed by atoms with Crippen molar-refractivity contribution in [3.05, 3.63) is 0 Å². The number of esters is 1. The van der Waals surface area contributed by atoms with Gasteiger partial charge in [-0.15, -0.1) is 0 Å². The van der Waals surface area contributed by atoms with Gasteiger partial charge in [0.15, 0.2) is 0 Å². The van der Waals surface area contributed by atoms with Crippen molar-refractivity contribution >= 4 is 37.8 Å². The normalized spacial score (nSPS) is 31.5. The molecule has 0 N–H and O–H groups in total. The van der Waals surface area contributed by atoms with Crippen LogP contribution >= 0.6 is 31.9 Å². The highest BCUT2D eigenvalue weighted by Gasteiger charge is 2.49. The molecule has 4 saturated heterocycles. The predicted molar refractivity (Wildman–Crippen MR) is 105 cm³/mol. The largest absolute Gasteiger partial charge is 0.465 e. The fourth-order valence-electron chi connectivity index (χ4n) is 2.67. The van der Waals surface area contributed by atoms with Crippen molar-refractivity contribution in [3.8, 4) is 0 Å². The number of fused-ring (bicyclic) bond motifs is 3. The van der Waals surface area contributed by atoms with Crippen LogP contribution in [-0.2, 0) is 28.5 Å². The van der Waals surface area contributed by atoms with E-state index in [0.717, 1.165) is 49.7 Å². The Kier molecular flexibility index (Phi) is 8.82. The van der Waals surface area contributed by atoms with E-state index in [1.807, 2.05) is 0 Å². The van der Waals surface area contributed by atoms with Crippen LogP contribution in [0.4, 0.5) is 0 Å². The van der Waals surface area contributed by atoms with E-state index in [1.54, 1.807) is 0 Å². The number of hydrogen-bond donors (Lipinski definition) is 0. The highest BCUT2D eigenvalue weighted by molar-refractivity contribution is 9.09. The number of carbonyl (C=O) groups is 1. The zero-order chi connectivity index (χ0) is 19.1. The van der Waals surface area contributed by atoms with E-state index in [2.05, 4.69) is 45.7 Å². The maximum atomic E-state index is 11.1. The number of halogens is 2. The SMILES string of the molecule is CC1(COC(=O)CCCBr)COC1.CC12COC(CCCBr)(OC1)OC2. The molecule has 0 aromatic carbocycles.